The van der Waals surface area contributed by atoms with Gasteiger partial charge in [-0.3, -0.25) is 0 Å². The van der Waals surface area contributed by atoms with Gasteiger partial charge in [0.1, 0.15) is 0 Å². The van der Waals surface area contributed by atoms with Crippen molar-refractivity contribution < 1.29 is 9.47 Å². The Bertz CT molecular complexity index is 172. The third-order valence-corrected chi connectivity index (χ3v) is 2.79. The highest BCUT2D eigenvalue weighted by molar-refractivity contribution is 7.80. The summed E-state index contributed by atoms with van der Waals surface area (Å²) in [5.74, 6) is 0. The van der Waals surface area contributed by atoms with Crippen LogP contribution in [-0.4, -0.2) is 68.5 Å². The summed E-state index contributed by atoms with van der Waals surface area (Å²) >= 11 is 5.29. The quantitative estimate of drug-likeness (QED) is 0.540. The van der Waals surface area contributed by atoms with E-state index < -0.39 is 0 Å². The topological polar surface area (TPSA) is 24.9 Å². The summed E-state index contributed by atoms with van der Waals surface area (Å²) in [5.41, 5.74) is 0. The summed E-state index contributed by atoms with van der Waals surface area (Å²) in [5, 5.41) is 0.846. The molecule has 82 valence electrons. The van der Waals surface area contributed by atoms with Crippen molar-refractivity contribution in [1.82, 2.24) is 9.80 Å². The third-order valence-electron chi connectivity index (χ3n) is 2.17. The zero-order chi connectivity index (χ0) is 10.4. The maximum absolute atomic E-state index is 5.37. The molecule has 1 fully saturated rings. The fourth-order valence-corrected chi connectivity index (χ4v) is 1.39. The zero-order valence-corrected chi connectivity index (χ0v) is 9.68. The molecule has 0 aromatic rings. The van der Waals surface area contributed by atoms with Crippen LogP contribution in [-0.2, 0) is 9.47 Å². The average molecular weight is 218 g/mol. The summed E-state index contributed by atoms with van der Waals surface area (Å²) in [6.07, 6.45) is 0. The lowest BCUT2D eigenvalue weighted by Crippen LogP contribution is -2.41. The first kappa shape index (κ1) is 11.7. The van der Waals surface area contributed by atoms with Gasteiger partial charge in [-0.15, -0.1) is 0 Å². The van der Waals surface area contributed by atoms with Crippen molar-refractivity contribution in [2.24, 2.45) is 0 Å². The van der Waals surface area contributed by atoms with E-state index in [9.17, 15) is 0 Å². The van der Waals surface area contributed by atoms with Crippen molar-refractivity contribution in [3.8, 4) is 0 Å². The molecule has 0 spiro atoms. The molecule has 0 radical (unpaired) electrons. The van der Waals surface area contributed by atoms with Gasteiger partial charge in [0.15, 0.2) is 5.11 Å². The van der Waals surface area contributed by atoms with Gasteiger partial charge in [0.05, 0.1) is 26.4 Å². The lowest BCUT2D eigenvalue weighted by molar-refractivity contribution is 0.0469. The maximum Gasteiger partial charge on any atom is 0.171 e. The highest BCUT2D eigenvalue weighted by atomic mass is 32.1. The fraction of sp³-hybridized carbons (Fsp3) is 0.889. The van der Waals surface area contributed by atoms with Crippen molar-refractivity contribution in [3.05, 3.63) is 0 Å². The standard InChI is InChI=1S/C9H18N2O2S/c1-10-3-5-12-7-8-13-6-4-11(2)9(10)14/h3-8H2,1-2H3. The monoisotopic (exact) mass is 218 g/mol. The van der Waals surface area contributed by atoms with Gasteiger partial charge in [-0.05, 0) is 12.2 Å². The Labute approximate surface area is 90.8 Å². The van der Waals surface area contributed by atoms with Crippen molar-refractivity contribution in [3.63, 3.8) is 0 Å². The van der Waals surface area contributed by atoms with Crippen LogP contribution in [0.5, 0.6) is 0 Å². The van der Waals surface area contributed by atoms with Gasteiger partial charge in [-0.25, -0.2) is 0 Å². The van der Waals surface area contributed by atoms with Gasteiger partial charge in [-0.1, -0.05) is 0 Å². The Balaban J connectivity index is 2.44. The van der Waals surface area contributed by atoms with Gasteiger partial charge in [0.25, 0.3) is 0 Å². The molecule has 0 amide bonds. The van der Waals surface area contributed by atoms with Crippen molar-refractivity contribution >= 4 is 17.3 Å². The second-order valence-corrected chi connectivity index (χ2v) is 3.72. The Morgan fingerprint density at radius 3 is 1.79 bits per heavy atom. The van der Waals surface area contributed by atoms with E-state index in [1.807, 2.05) is 23.9 Å². The van der Waals surface area contributed by atoms with Crippen molar-refractivity contribution in [2.45, 2.75) is 0 Å². The molecular formula is C9H18N2O2S. The summed E-state index contributed by atoms with van der Waals surface area (Å²) in [6, 6.07) is 0. The zero-order valence-electron chi connectivity index (χ0n) is 8.86. The molecule has 0 saturated carbocycles. The molecule has 0 atom stereocenters. The van der Waals surface area contributed by atoms with Crippen LogP contribution < -0.4 is 0 Å². The molecule has 1 heterocycles. The Kier molecular flexibility index (Phi) is 5.14. The molecule has 0 aromatic heterocycles. The molecule has 0 unspecified atom stereocenters. The largest absolute Gasteiger partial charge is 0.377 e. The van der Waals surface area contributed by atoms with E-state index in [0.29, 0.717) is 26.4 Å². The minimum absolute atomic E-state index is 0.671. The van der Waals surface area contributed by atoms with Crippen LogP contribution in [0.4, 0.5) is 0 Å². The van der Waals surface area contributed by atoms with Crippen LogP contribution >= 0.6 is 12.2 Å². The van der Waals surface area contributed by atoms with E-state index in [-0.39, 0.29) is 0 Å². The normalized spacial score (nSPS) is 22.0. The molecule has 5 heteroatoms. The van der Waals surface area contributed by atoms with Gasteiger partial charge < -0.3 is 19.3 Å². The van der Waals surface area contributed by atoms with E-state index in [1.54, 1.807) is 0 Å². The molecule has 4 nitrogen and oxygen atoms in total. The molecule has 0 aliphatic carbocycles. The van der Waals surface area contributed by atoms with Crippen LogP contribution in [0.2, 0.25) is 0 Å². The minimum Gasteiger partial charge on any atom is -0.377 e. The van der Waals surface area contributed by atoms with E-state index in [1.165, 1.54) is 0 Å². The first-order chi connectivity index (χ1) is 6.72. The Morgan fingerprint density at radius 1 is 0.929 bits per heavy atom. The number of thiocarbonyl (C=S) groups is 1. The van der Waals surface area contributed by atoms with Gasteiger partial charge in [0, 0.05) is 27.2 Å². The van der Waals surface area contributed by atoms with E-state index in [0.717, 1.165) is 18.2 Å². The molecule has 0 N–H and O–H groups in total. The number of likely N-dealkylation sites (N-methyl/N-ethyl adjacent to an activating group) is 2. The lowest BCUT2D eigenvalue weighted by atomic mass is 10.5. The van der Waals surface area contributed by atoms with E-state index in [4.69, 9.17) is 21.7 Å². The third kappa shape index (κ3) is 3.77. The van der Waals surface area contributed by atoms with Crippen LogP contribution in [0, 0.1) is 0 Å². The molecule has 1 aliphatic rings. The predicted molar refractivity (Wildman–Crippen MR) is 59.5 cm³/mol. The summed E-state index contributed by atoms with van der Waals surface area (Å²) in [6.45, 7) is 4.42. The smallest absolute Gasteiger partial charge is 0.171 e. The number of nitrogens with zero attached hydrogens (tertiary/aromatic N) is 2. The molecule has 0 bridgehead atoms. The van der Waals surface area contributed by atoms with Crippen LogP contribution in [0.1, 0.15) is 0 Å². The van der Waals surface area contributed by atoms with Crippen LogP contribution in [0.3, 0.4) is 0 Å². The first-order valence-electron chi connectivity index (χ1n) is 4.83. The summed E-state index contributed by atoms with van der Waals surface area (Å²) < 4.78 is 10.7. The Hall–Kier alpha value is -0.390. The summed E-state index contributed by atoms with van der Waals surface area (Å²) in [4.78, 5) is 4.06. The predicted octanol–water partition coefficient (Wildman–Crippen LogP) is 0.182. The molecule has 1 saturated heterocycles. The number of hydrogen-bond acceptors (Lipinski definition) is 3. The number of rotatable bonds is 0. The van der Waals surface area contributed by atoms with Crippen molar-refractivity contribution in [2.75, 3.05) is 53.6 Å². The van der Waals surface area contributed by atoms with Gasteiger partial charge in [-0.2, -0.15) is 0 Å². The van der Waals surface area contributed by atoms with Crippen LogP contribution in [0.25, 0.3) is 0 Å². The SMILES string of the molecule is CN1CCOCCOCCN(C)C1=S. The second-order valence-electron chi connectivity index (χ2n) is 3.35. The van der Waals surface area contributed by atoms with Crippen molar-refractivity contribution in [1.29, 1.82) is 0 Å². The Morgan fingerprint density at radius 2 is 1.36 bits per heavy atom. The fourth-order valence-electron chi connectivity index (χ4n) is 1.21. The molecule has 1 rings (SSSR count). The molecule has 1 aliphatic heterocycles. The number of hydrogen-bond donors (Lipinski definition) is 0. The average Bonchev–Trinajstić information content (AvgIpc) is 2.21. The summed E-state index contributed by atoms with van der Waals surface area (Å²) in [7, 11) is 3.97. The first-order valence-corrected chi connectivity index (χ1v) is 5.24. The molecule has 0 aromatic carbocycles. The second kappa shape index (κ2) is 6.16. The highest BCUT2D eigenvalue weighted by Crippen LogP contribution is 1.96. The molecule has 14 heavy (non-hydrogen) atoms. The highest BCUT2D eigenvalue weighted by Gasteiger charge is 2.10. The molecular weight excluding hydrogens is 200 g/mol. The van der Waals surface area contributed by atoms with Crippen LogP contribution in [0.15, 0.2) is 0 Å². The lowest BCUT2D eigenvalue weighted by Gasteiger charge is -2.27. The number of ether oxygens (including phenoxy) is 2. The minimum atomic E-state index is 0.671. The van der Waals surface area contributed by atoms with Gasteiger partial charge >= 0.3 is 0 Å². The van der Waals surface area contributed by atoms with E-state index >= 15 is 0 Å². The maximum atomic E-state index is 5.37. The van der Waals surface area contributed by atoms with E-state index in [2.05, 4.69) is 0 Å². The van der Waals surface area contributed by atoms with Gasteiger partial charge in [0.2, 0.25) is 0 Å².